The van der Waals surface area contributed by atoms with Crippen molar-refractivity contribution >= 4 is 16.0 Å². The van der Waals surface area contributed by atoms with E-state index in [0.717, 1.165) is 5.56 Å². The molecule has 1 aliphatic heterocycles. The van der Waals surface area contributed by atoms with Gasteiger partial charge in [-0.15, -0.1) is 0 Å². The molecule has 0 saturated carbocycles. The molecule has 0 spiro atoms. The summed E-state index contributed by atoms with van der Waals surface area (Å²) in [6, 6.07) is 7.15. The van der Waals surface area contributed by atoms with E-state index in [0.29, 0.717) is 31.7 Å². The lowest BCUT2D eigenvalue weighted by molar-refractivity contribution is -0.151. The summed E-state index contributed by atoms with van der Waals surface area (Å²) in [6.07, 6.45) is -3.93. The van der Waals surface area contributed by atoms with Crippen LogP contribution >= 0.6 is 0 Å². The van der Waals surface area contributed by atoms with Gasteiger partial charge in [0, 0.05) is 19.5 Å². The zero-order chi connectivity index (χ0) is 23.3. The molecule has 1 fully saturated rings. The number of ether oxygens (including phenoxy) is 2. The topological polar surface area (TPSA) is 72.9 Å². The Morgan fingerprint density at radius 1 is 1.10 bits per heavy atom. The van der Waals surface area contributed by atoms with Gasteiger partial charge in [-0.2, -0.15) is 13.2 Å². The SMILES string of the molecule is CC(C)(C)OC(=O)CS(=O)(=O)N1CCC(c2ccc(OCCCC(F)(F)F)cc2)CC1. The molecule has 2 rings (SSSR count). The highest BCUT2D eigenvalue weighted by molar-refractivity contribution is 7.89. The van der Waals surface area contributed by atoms with Gasteiger partial charge in [0.15, 0.2) is 5.75 Å². The highest BCUT2D eigenvalue weighted by atomic mass is 32.2. The van der Waals surface area contributed by atoms with E-state index in [-0.39, 0.29) is 18.9 Å². The Hall–Kier alpha value is -1.81. The van der Waals surface area contributed by atoms with Crippen molar-refractivity contribution < 1.29 is 35.9 Å². The van der Waals surface area contributed by atoms with Crippen LogP contribution in [0.2, 0.25) is 0 Å². The van der Waals surface area contributed by atoms with Crippen LogP contribution in [0, 0.1) is 0 Å². The first kappa shape index (κ1) is 25.5. The highest BCUT2D eigenvalue weighted by Gasteiger charge is 2.32. The molecule has 10 heteroatoms. The summed E-state index contributed by atoms with van der Waals surface area (Å²) in [5, 5.41) is 0. The van der Waals surface area contributed by atoms with Gasteiger partial charge >= 0.3 is 12.1 Å². The summed E-state index contributed by atoms with van der Waals surface area (Å²) in [5.74, 6) is -0.772. The summed E-state index contributed by atoms with van der Waals surface area (Å²) >= 11 is 0. The summed E-state index contributed by atoms with van der Waals surface area (Å²) in [5.41, 5.74) is 0.278. The third-order valence-electron chi connectivity index (χ3n) is 4.79. The zero-order valence-corrected chi connectivity index (χ0v) is 18.9. The van der Waals surface area contributed by atoms with Crippen molar-refractivity contribution in [3.8, 4) is 5.75 Å². The molecule has 0 atom stereocenters. The number of piperidine rings is 1. The van der Waals surface area contributed by atoms with Gasteiger partial charge in [0.2, 0.25) is 10.0 Å². The molecule has 31 heavy (non-hydrogen) atoms. The van der Waals surface area contributed by atoms with Crippen LogP contribution in [0.15, 0.2) is 24.3 Å². The Balaban J connectivity index is 1.82. The number of carbonyl (C=O) groups is 1. The second-order valence-electron chi connectivity index (χ2n) is 8.65. The van der Waals surface area contributed by atoms with E-state index in [1.807, 2.05) is 12.1 Å². The zero-order valence-electron chi connectivity index (χ0n) is 18.1. The molecule has 176 valence electrons. The van der Waals surface area contributed by atoms with Gasteiger partial charge in [-0.05, 0) is 63.6 Å². The standard InChI is InChI=1S/C21H30F3NO5S/c1-20(2,3)30-19(26)15-31(27,28)25-12-9-17(10-13-25)16-5-7-18(8-6-16)29-14-4-11-21(22,23)24/h5-8,17H,4,9-15H2,1-3H3. The summed E-state index contributed by atoms with van der Waals surface area (Å²) < 4.78 is 73.2. The van der Waals surface area contributed by atoms with Gasteiger partial charge in [0.1, 0.15) is 11.4 Å². The van der Waals surface area contributed by atoms with E-state index in [9.17, 15) is 26.4 Å². The summed E-state index contributed by atoms with van der Waals surface area (Å²) in [6.45, 7) is 5.66. The number of alkyl halides is 3. The number of benzene rings is 1. The van der Waals surface area contributed by atoms with Gasteiger partial charge < -0.3 is 9.47 Å². The molecule has 0 radical (unpaired) electrons. The summed E-state index contributed by atoms with van der Waals surface area (Å²) in [4.78, 5) is 11.9. The Morgan fingerprint density at radius 3 is 2.19 bits per heavy atom. The van der Waals surface area contributed by atoms with E-state index in [1.54, 1.807) is 32.9 Å². The first-order valence-corrected chi connectivity index (χ1v) is 11.9. The number of rotatable bonds is 8. The third-order valence-corrected chi connectivity index (χ3v) is 6.54. The Bertz CT molecular complexity index is 824. The molecule has 1 saturated heterocycles. The molecule has 6 nitrogen and oxygen atoms in total. The second-order valence-corrected chi connectivity index (χ2v) is 10.6. The normalized spacial score (nSPS) is 16.8. The van der Waals surface area contributed by atoms with Gasteiger partial charge in [-0.25, -0.2) is 12.7 Å². The van der Waals surface area contributed by atoms with Crippen molar-refractivity contribution in [3.63, 3.8) is 0 Å². The van der Waals surface area contributed by atoms with Crippen molar-refractivity contribution in [1.29, 1.82) is 0 Å². The molecule has 0 aromatic heterocycles. The van der Waals surface area contributed by atoms with Crippen LogP contribution in [0.5, 0.6) is 5.75 Å². The van der Waals surface area contributed by atoms with Gasteiger partial charge in [0.25, 0.3) is 0 Å². The Kier molecular flexibility index (Phi) is 8.38. The maximum absolute atomic E-state index is 12.5. The van der Waals surface area contributed by atoms with Crippen molar-refractivity contribution in [3.05, 3.63) is 29.8 Å². The van der Waals surface area contributed by atoms with Crippen LogP contribution in [-0.4, -0.2) is 55.9 Å². The predicted molar refractivity (Wildman–Crippen MR) is 110 cm³/mol. The second kappa shape index (κ2) is 10.2. The predicted octanol–water partition coefficient (Wildman–Crippen LogP) is 4.26. The number of halogens is 3. The number of carbonyl (C=O) groups excluding carboxylic acids is 1. The van der Waals surface area contributed by atoms with E-state index in [2.05, 4.69) is 0 Å². The van der Waals surface area contributed by atoms with Gasteiger partial charge in [-0.1, -0.05) is 12.1 Å². The lowest BCUT2D eigenvalue weighted by atomic mass is 9.90. The fourth-order valence-electron chi connectivity index (χ4n) is 3.38. The minimum Gasteiger partial charge on any atom is -0.494 e. The first-order valence-electron chi connectivity index (χ1n) is 10.2. The quantitative estimate of drug-likeness (QED) is 0.424. The maximum Gasteiger partial charge on any atom is 0.389 e. The number of esters is 1. The lowest BCUT2D eigenvalue weighted by Gasteiger charge is -2.31. The van der Waals surface area contributed by atoms with E-state index < -0.39 is 39.9 Å². The van der Waals surface area contributed by atoms with Crippen LogP contribution < -0.4 is 4.74 Å². The molecule has 1 aromatic carbocycles. The van der Waals surface area contributed by atoms with Gasteiger partial charge in [0.05, 0.1) is 6.61 Å². The van der Waals surface area contributed by atoms with Crippen molar-refractivity contribution in [1.82, 2.24) is 4.31 Å². The van der Waals surface area contributed by atoms with Crippen LogP contribution in [0.1, 0.15) is 57.9 Å². The van der Waals surface area contributed by atoms with Crippen molar-refractivity contribution in [2.75, 3.05) is 25.4 Å². The molecule has 0 aliphatic carbocycles. The molecule has 0 bridgehead atoms. The molecule has 0 unspecified atom stereocenters. The fourth-order valence-corrected chi connectivity index (χ4v) is 4.68. The first-order chi connectivity index (χ1) is 14.3. The minimum atomic E-state index is -4.18. The molecular formula is C21H30F3NO5S. The average Bonchev–Trinajstić information content (AvgIpc) is 2.63. The molecule has 1 aromatic rings. The molecule has 1 aliphatic rings. The summed E-state index contributed by atoms with van der Waals surface area (Å²) in [7, 11) is -3.73. The van der Waals surface area contributed by atoms with E-state index in [4.69, 9.17) is 9.47 Å². The Labute approximate surface area is 181 Å². The van der Waals surface area contributed by atoms with Crippen molar-refractivity contribution in [2.45, 2.75) is 64.1 Å². The molecule has 0 N–H and O–H groups in total. The number of sulfonamides is 1. The largest absolute Gasteiger partial charge is 0.494 e. The Morgan fingerprint density at radius 2 is 1.68 bits per heavy atom. The number of hydrogen-bond acceptors (Lipinski definition) is 5. The monoisotopic (exact) mass is 465 g/mol. The van der Waals surface area contributed by atoms with E-state index >= 15 is 0 Å². The van der Waals surface area contributed by atoms with Crippen LogP contribution in [-0.2, 0) is 19.6 Å². The average molecular weight is 466 g/mol. The smallest absolute Gasteiger partial charge is 0.389 e. The van der Waals surface area contributed by atoms with Crippen molar-refractivity contribution in [2.24, 2.45) is 0 Å². The van der Waals surface area contributed by atoms with Crippen LogP contribution in [0.25, 0.3) is 0 Å². The molecular weight excluding hydrogens is 435 g/mol. The number of hydrogen-bond donors (Lipinski definition) is 0. The molecule has 0 amide bonds. The third kappa shape index (κ3) is 9.06. The number of nitrogens with zero attached hydrogens (tertiary/aromatic N) is 1. The molecule has 1 heterocycles. The van der Waals surface area contributed by atoms with Crippen LogP contribution in [0.4, 0.5) is 13.2 Å². The van der Waals surface area contributed by atoms with E-state index in [1.165, 1.54) is 4.31 Å². The maximum atomic E-state index is 12.5. The van der Waals surface area contributed by atoms with Gasteiger partial charge in [-0.3, -0.25) is 4.79 Å². The van der Waals surface area contributed by atoms with Crippen LogP contribution in [0.3, 0.4) is 0 Å². The fraction of sp³-hybridized carbons (Fsp3) is 0.667. The lowest BCUT2D eigenvalue weighted by Crippen LogP contribution is -2.41. The minimum absolute atomic E-state index is 0.00719. The highest BCUT2D eigenvalue weighted by Crippen LogP contribution is 2.30.